The third-order valence-electron chi connectivity index (χ3n) is 3.30. The van der Waals surface area contributed by atoms with Gasteiger partial charge in [-0.3, -0.25) is 4.98 Å². The van der Waals surface area contributed by atoms with Crippen LogP contribution in [0, 0.1) is 6.92 Å². The monoisotopic (exact) mass is 352 g/mol. The molecule has 1 aromatic heterocycles. The Hall–Kier alpha value is -0.900. The van der Waals surface area contributed by atoms with Crippen LogP contribution in [0.3, 0.4) is 0 Å². The van der Waals surface area contributed by atoms with E-state index in [-0.39, 0.29) is 6.04 Å². The van der Waals surface area contributed by atoms with E-state index >= 15 is 0 Å². The van der Waals surface area contributed by atoms with Gasteiger partial charge in [0, 0.05) is 33.8 Å². The number of hydrogen-bond acceptors (Lipinski definition) is 2. The summed E-state index contributed by atoms with van der Waals surface area (Å²) >= 11 is 9.74. The van der Waals surface area contributed by atoms with Crippen molar-refractivity contribution >= 4 is 27.5 Å². The molecule has 0 saturated heterocycles. The number of pyridine rings is 1. The van der Waals surface area contributed by atoms with Crippen LogP contribution in [0.1, 0.15) is 29.8 Å². The van der Waals surface area contributed by atoms with Crippen molar-refractivity contribution in [3.05, 3.63) is 62.8 Å². The predicted molar refractivity (Wildman–Crippen MR) is 88.2 cm³/mol. The van der Waals surface area contributed by atoms with E-state index in [1.165, 1.54) is 11.1 Å². The highest BCUT2D eigenvalue weighted by Crippen LogP contribution is 2.29. The Balaban J connectivity index is 2.32. The second-order valence-electron chi connectivity index (χ2n) is 4.75. The summed E-state index contributed by atoms with van der Waals surface area (Å²) in [6, 6.07) is 10.2. The Morgan fingerprint density at radius 2 is 2.15 bits per heavy atom. The molecule has 1 N–H and O–H groups in total. The quantitative estimate of drug-likeness (QED) is 0.843. The first-order chi connectivity index (χ1) is 9.61. The SMILES string of the molecule is CCNC(Cc1ncccc1C)c1cc(Cl)ccc1Br. The van der Waals surface area contributed by atoms with Crippen molar-refractivity contribution in [2.75, 3.05) is 6.54 Å². The molecule has 0 fully saturated rings. The van der Waals surface area contributed by atoms with Crippen molar-refractivity contribution < 1.29 is 0 Å². The fourth-order valence-electron chi connectivity index (χ4n) is 2.25. The second kappa shape index (κ2) is 7.21. The van der Waals surface area contributed by atoms with Crippen molar-refractivity contribution in [2.45, 2.75) is 26.3 Å². The van der Waals surface area contributed by atoms with Crippen LogP contribution in [0.25, 0.3) is 0 Å². The van der Waals surface area contributed by atoms with Gasteiger partial charge in [-0.25, -0.2) is 0 Å². The zero-order valence-corrected chi connectivity index (χ0v) is 14.0. The average Bonchev–Trinajstić information content (AvgIpc) is 2.43. The highest BCUT2D eigenvalue weighted by Gasteiger charge is 2.16. The van der Waals surface area contributed by atoms with Crippen molar-refractivity contribution in [1.82, 2.24) is 10.3 Å². The van der Waals surface area contributed by atoms with E-state index in [2.05, 4.69) is 46.1 Å². The van der Waals surface area contributed by atoms with E-state index in [9.17, 15) is 0 Å². The number of nitrogens with zero attached hydrogens (tertiary/aromatic N) is 1. The normalized spacial score (nSPS) is 12.4. The molecule has 0 spiro atoms. The van der Waals surface area contributed by atoms with Gasteiger partial charge in [0.2, 0.25) is 0 Å². The van der Waals surface area contributed by atoms with Gasteiger partial charge in [-0.15, -0.1) is 0 Å². The van der Waals surface area contributed by atoms with Gasteiger partial charge >= 0.3 is 0 Å². The molecule has 0 amide bonds. The minimum Gasteiger partial charge on any atom is -0.310 e. The van der Waals surface area contributed by atoms with Crippen LogP contribution < -0.4 is 5.32 Å². The molecule has 20 heavy (non-hydrogen) atoms. The van der Waals surface area contributed by atoms with Crippen LogP contribution >= 0.6 is 27.5 Å². The molecule has 2 aromatic rings. The largest absolute Gasteiger partial charge is 0.310 e. The van der Waals surface area contributed by atoms with Gasteiger partial charge in [0.15, 0.2) is 0 Å². The van der Waals surface area contributed by atoms with Crippen LogP contribution in [-0.4, -0.2) is 11.5 Å². The molecule has 0 radical (unpaired) electrons. The van der Waals surface area contributed by atoms with Crippen molar-refractivity contribution in [2.24, 2.45) is 0 Å². The molecule has 0 aliphatic rings. The standard InChI is InChI=1S/C16H18BrClN2/c1-3-19-16(10-15-11(2)5-4-8-20-15)13-9-12(18)6-7-14(13)17/h4-9,16,19H,3,10H2,1-2H3. The second-order valence-corrected chi connectivity index (χ2v) is 6.04. The van der Waals surface area contributed by atoms with E-state index in [1.807, 2.05) is 30.5 Å². The molecule has 1 aromatic carbocycles. The van der Waals surface area contributed by atoms with E-state index < -0.39 is 0 Å². The smallest absolute Gasteiger partial charge is 0.0451 e. The summed E-state index contributed by atoms with van der Waals surface area (Å²) in [4.78, 5) is 4.49. The third-order valence-corrected chi connectivity index (χ3v) is 4.26. The average molecular weight is 354 g/mol. The molecule has 1 unspecified atom stereocenters. The Morgan fingerprint density at radius 1 is 1.35 bits per heavy atom. The van der Waals surface area contributed by atoms with Gasteiger partial charge in [-0.1, -0.05) is 40.5 Å². The summed E-state index contributed by atoms with van der Waals surface area (Å²) in [6.07, 6.45) is 2.69. The number of rotatable bonds is 5. The number of nitrogens with one attached hydrogen (secondary N) is 1. The zero-order valence-electron chi connectivity index (χ0n) is 11.7. The van der Waals surface area contributed by atoms with Crippen LogP contribution in [0.15, 0.2) is 41.0 Å². The number of aryl methyl sites for hydroxylation is 1. The fraction of sp³-hybridized carbons (Fsp3) is 0.312. The maximum Gasteiger partial charge on any atom is 0.0451 e. The van der Waals surface area contributed by atoms with Crippen LogP contribution in [0.4, 0.5) is 0 Å². The maximum absolute atomic E-state index is 6.13. The summed E-state index contributed by atoms with van der Waals surface area (Å²) in [7, 11) is 0. The summed E-state index contributed by atoms with van der Waals surface area (Å²) in [5.74, 6) is 0. The van der Waals surface area contributed by atoms with Crippen LogP contribution in [0.5, 0.6) is 0 Å². The summed E-state index contributed by atoms with van der Waals surface area (Å²) in [5, 5.41) is 4.27. The van der Waals surface area contributed by atoms with Gasteiger partial charge < -0.3 is 5.32 Å². The van der Waals surface area contributed by atoms with E-state index in [1.54, 1.807) is 0 Å². The van der Waals surface area contributed by atoms with Gasteiger partial charge in [-0.2, -0.15) is 0 Å². The maximum atomic E-state index is 6.13. The van der Waals surface area contributed by atoms with E-state index in [0.29, 0.717) is 0 Å². The molecule has 1 atom stereocenters. The van der Waals surface area contributed by atoms with Crippen molar-refractivity contribution in [3.8, 4) is 0 Å². The number of aromatic nitrogens is 1. The summed E-state index contributed by atoms with van der Waals surface area (Å²) in [6.45, 7) is 5.10. The lowest BCUT2D eigenvalue weighted by Gasteiger charge is -2.20. The first-order valence-corrected chi connectivity index (χ1v) is 7.87. The Labute approximate surface area is 133 Å². The molecule has 0 bridgehead atoms. The van der Waals surface area contributed by atoms with E-state index in [4.69, 9.17) is 11.6 Å². The summed E-state index contributed by atoms with van der Waals surface area (Å²) in [5.41, 5.74) is 3.50. The Bertz CT molecular complexity index is 586. The first-order valence-electron chi connectivity index (χ1n) is 6.70. The number of hydrogen-bond donors (Lipinski definition) is 1. The lowest BCUT2D eigenvalue weighted by atomic mass is 9.99. The van der Waals surface area contributed by atoms with Crippen molar-refractivity contribution in [1.29, 1.82) is 0 Å². The third kappa shape index (κ3) is 3.81. The first kappa shape index (κ1) is 15.5. The Morgan fingerprint density at radius 3 is 2.85 bits per heavy atom. The van der Waals surface area contributed by atoms with Gasteiger partial charge in [0.25, 0.3) is 0 Å². The molecule has 2 nitrogen and oxygen atoms in total. The zero-order chi connectivity index (χ0) is 14.5. The van der Waals surface area contributed by atoms with Crippen LogP contribution in [0.2, 0.25) is 5.02 Å². The molecule has 0 aliphatic carbocycles. The minimum absolute atomic E-state index is 0.196. The molecule has 0 aliphatic heterocycles. The Kier molecular flexibility index (Phi) is 5.58. The summed E-state index contributed by atoms with van der Waals surface area (Å²) < 4.78 is 1.07. The lowest BCUT2D eigenvalue weighted by molar-refractivity contribution is 0.541. The van der Waals surface area contributed by atoms with Gasteiger partial charge in [-0.05, 0) is 48.9 Å². The highest BCUT2D eigenvalue weighted by molar-refractivity contribution is 9.10. The van der Waals surface area contributed by atoms with Gasteiger partial charge in [0.1, 0.15) is 0 Å². The molecule has 1 heterocycles. The minimum atomic E-state index is 0.196. The fourth-order valence-corrected chi connectivity index (χ4v) is 2.95. The molecule has 4 heteroatoms. The molecule has 106 valence electrons. The molecular weight excluding hydrogens is 336 g/mol. The van der Waals surface area contributed by atoms with Crippen LogP contribution in [-0.2, 0) is 6.42 Å². The van der Waals surface area contributed by atoms with Crippen molar-refractivity contribution in [3.63, 3.8) is 0 Å². The number of halogens is 2. The number of benzene rings is 1. The van der Waals surface area contributed by atoms with Gasteiger partial charge in [0.05, 0.1) is 0 Å². The topological polar surface area (TPSA) is 24.9 Å². The number of likely N-dealkylation sites (N-methyl/N-ethyl adjacent to an activating group) is 1. The molecule has 0 saturated carbocycles. The van der Waals surface area contributed by atoms with E-state index in [0.717, 1.165) is 28.2 Å². The highest BCUT2D eigenvalue weighted by atomic mass is 79.9. The molecular formula is C16H18BrClN2. The molecule has 2 rings (SSSR count). The predicted octanol–water partition coefficient (Wildman–Crippen LogP) is 4.70. The lowest BCUT2D eigenvalue weighted by Crippen LogP contribution is -2.24.